The average Bonchev–Trinajstić information content (AvgIpc) is 2.07. The van der Waals surface area contributed by atoms with Crippen LogP contribution in [0.3, 0.4) is 0 Å². The van der Waals surface area contributed by atoms with E-state index in [0.29, 0.717) is 0 Å². The van der Waals surface area contributed by atoms with Crippen molar-refractivity contribution in [3.8, 4) is 0 Å². The Morgan fingerprint density at radius 3 is 2.62 bits per heavy atom. The summed E-state index contributed by atoms with van der Waals surface area (Å²) in [7, 11) is 0. The van der Waals surface area contributed by atoms with Crippen LogP contribution in [0.25, 0.3) is 0 Å². The molecule has 1 rings (SSSR count). The number of nitrogens with one attached hydrogen (secondary N) is 1. The molecule has 1 nitrogen and oxygen atoms in total. The van der Waals surface area contributed by atoms with Gasteiger partial charge < -0.3 is 5.32 Å². The van der Waals surface area contributed by atoms with Gasteiger partial charge in [-0.25, -0.2) is 0 Å². The van der Waals surface area contributed by atoms with Gasteiger partial charge in [-0.2, -0.15) is 23.5 Å². The second-order valence-corrected chi connectivity index (χ2v) is 5.66. The molecule has 1 aliphatic heterocycles. The van der Waals surface area contributed by atoms with E-state index in [1.165, 1.54) is 49.5 Å². The molecular weight excluding hydrogens is 198 g/mol. The van der Waals surface area contributed by atoms with Gasteiger partial charge >= 0.3 is 0 Å². The highest BCUT2D eigenvalue weighted by Crippen LogP contribution is 2.17. The lowest BCUT2D eigenvalue weighted by Crippen LogP contribution is -2.40. The van der Waals surface area contributed by atoms with Crippen molar-refractivity contribution in [3.05, 3.63) is 0 Å². The van der Waals surface area contributed by atoms with Gasteiger partial charge in [0.1, 0.15) is 0 Å². The molecule has 3 heteroatoms. The van der Waals surface area contributed by atoms with Gasteiger partial charge in [-0.15, -0.1) is 0 Å². The number of thioether (sulfide) groups is 2. The van der Waals surface area contributed by atoms with Gasteiger partial charge in [0.2, 0.25) is 0 Å². The number of unbranched alkanes of at least 4 members (excludes halogenated alkanes) is 3. The monoisotopic (exact) mass is 219 g/mol. The summed E-state index contributed by atoms with van der Waals surface area (Å²) in [5.74, 6) is 4.02. The summed E-state index contributed by atoms with van der Waals surface area (Å²) in [6.07, 6.45) is 7.79. The summed E-state index contributed by atoms with van der Waals surface area (Å²) in [5.41, 5.74) is 0. The Bertz CT molecular complexity index is 115. The highest BCUT2D eigenvalue weighted by molar-refractivity contribution is 8.00. The lowest BCUT2D eigenvalue weighted by atomic mass is 10.2. The minimum atomic E-state index is 0.844. The zero-order valence-electron chi connectivity index (χ0n) is 8.55. The molecule has 0 bridgehead atoms. The summed E-state index contributed by atoms with van der Waals surface area (Å²) in [6, 6.07) is 0.844. The van der Waals surface area contributed by atoms with Crippen molar-refractivity contribution < 1.29 is 0 Å². The quantitative estimate of drug-likeness (QED) is 0.630. The van der Waals surface area contributed by atoms with E-state index >= 15 is 0 Å². The van der Waals surface area contributed by atoms with Crippen LogP contribution in [0.2, 0.25) is 0 Å². The topological polar surface area (TPSA) is 12.0 Å². The SMILES string of the molecule is CSCCCCCCNC1CSC1. The van der Waals surface area contributed by atoms with E-state index in [1.807, 2.05) is 11.8 Å². The summed E-state index contributed by atoms with van der Waals surface area (Å²) in [4.78, 5) is 0. The first kappa shape index (κ1) is 11.7. The molecule has 1 N–H and O–H groups in total. The van der Waals surface area contributed by atoms with Crippen LogP contribution in [0.4, 0.5) is 0 Å². The number of hydrogen-bond acceptors (Lipinski definition) is 3. The third kappa shape index (κ3) is 5.87. The molecule has 78 valence electrons. The van der Waals surface area contributed by atoms with Gasteiger partial charge in [-0.05, 0) is 31.4 Å². The molecule has 0 aromatic rings. The minimum absolute atomic E-state index is 0.844. The normalized spacial score (nSPS) is 17.3. The molecule has 1 fully saturated rings. The predicted molar refractivity (Wildman–Crippen MR) is 66.0 cm³/mol. The van der Waals surface area contributed by atoms with Gasteiger partial charge in [0, 0.05) is 17.5 Å². The van der Waals surface area contributed by atoms with E-state index in [1.54, 1.807) is 0 Å². The first-order valence-corrected chi connectivity index (χ1v) is 7.78. The third-order valence-corrected chi connectivity index (χ3v) is 4.32. The van der Waals surface area contributed by atoms with E-state index < -0.39 is 0 Å². The number of rotatable bonds is 8. The molecule has 0 aromatic heterocycles. The van der Waals surface area contributed by atoms with Crippen molar-refractivity contribution in [3.63, 3.8) is 0 Å². The van der Waals surface area contributed by atoms with Crippen LogP contribution in [0, 0.1) is 0 Å². The average molecular weight is 219 g/mol. The van der Waals surface area contributed by atoms with E-state index in [2.05, 4.69) is 23.3 Å². The fourth-order valence-electron chi connectivity index (χ4n) is 1.38. The van der Waals surface area contributed by atoms with E-state index in [4.69, 9.17) is 0 Å². The van der Waals surface area contributed by atoms with Crippen molar-refractivity contribution in [2.75, 3.05) is 30.1 Å². The molecule has 0 saturated carbocycles. The van der Waals surface area contributed by atoms with Gasteiger partial charge in [-0.1, -0.05) is 12.8 Å². The fourth-order valence-corrected chi connectivity index (χ4v) is 2.58. The highest BCUT2D eigenvalue weighted by atomic mass is 32.2. The summed E-state index contributed by atoms with van der Waals surface area (Å²) >= 11 is 4.02. The second kappa shape index (κ2) is 8.01. The van der Waals surface area contributed by atoms with Gasteiger partial charge in [0.15, 0.2) is 0 Å². The van der Waals surface area contributed by atoms with Crippen molar-refractivity contribution in [1.82, 2.24) is 5.32 Å². The zero-order valence-corrected chi connectivity index (χ0v) is 10.2. The molecule has 0 atom stereocenters. The van der Waals surface area contributed by atoms with E-state index in [0.717, 1.165) is 6.04 Å². The van der Waals surface area contributed by atoms with Gasteiger partial charge in [0.05, 0.1) is 0 Å². The largest absolute Gasteiger partial charge is 0.312 e. The molecule has 0 radical (unpaired) electrons. The Kier molecular flexibility index (Phi) is 7.23. The molecule has 0 spiro atoms. The highest BCUT2D eigenvalue weighted by Gasteiger charge is 2.15. The Balaban J connectivity index is 1.68. The van der Waals surface area contributed by atoms with E-state index in [9.17, 15) is 0 Å². The maximum Gasteiger partial charge on any atom is 0.0248 e. The molecule has 1 aliphatic rings. The summed E-state index contributed by atoms with van der Waals surface area (Å²) in [6.45, 7) is 1.24. The van der Waals surface area contributed by atoms with Crippen molar-refractivity contribution >= 4 is 23.5 Å². The van der Waals surface area contributed by atoms with Crippen LogP contribution >= 0.6 is 23.5 Å². The zero-order chi connectivity index (χ0) is 9.36. The maximum atomic E-state index is 3.58. The maximum absolute atomic E-state index is 3.58. The molecule has 0 amide bonds. The van der Waals surface area contributed by atoms with Crippen LogP contribution in [0.15, 0.2) is 0 Å². The Morgan fingerprint density at radius 1 is 1.23 bits per heavy atom. The Morgan fingerprint density at radius 2 is 2.00 bits per heavy atom. The van der Waals surface area contributed by atoms with Crippen molar-refractivity contribution in [2.45, 2.75) is 31.7 Å². The first-order chi connectivity index (χ1) is 6.43. The predicted octanol–water partition coefficient (Wildman–Crippen LogP) is 2.61. The standard InChI is InChI=1S/C10H21NS2/c1-12-7-5-3-2-4-6-11-10-8-13-9-10/h10-11H,2-9H2,1H3. The molecule has 0 unspecified atom stereocenters. The second-order valence-electron chi connectivity index (χ2n) is 3.60. The van der Waals surface area contributed by atoms with Crippen LogP contribution in [0.5, 0.6) is 0 Å². The first-order valence-electron chi connectivity index (χ1n) is 5.23. The summed E-state index contributed by atoms with van der Waals surface area (Å²) < 4.78 is 0. The molecule has 1 saturated heterocycles. The smallest absolute Gasteiger partial charge is 0.0248 e. The summed E-state index contributed by atoms with van der Waals surface area (Å²) in [5, 5.41) is 3.58. The minimum Gasteiger partial charge on any atom is -0.312 e. The number of hydrogen-bond donors (Lipinski definition) is 1. The molecule has 0 aromatic carbocycles. The van der Waals surface area contributed by atoms with Crippen LogP contribution in [-0.2, 0) is 0 Å². The van der Waals surface area contributed by atoms with Crippen LogP contribution in [-0.4, -0.2) is 36.1 Å². The molecule has 0 aliphatic carbocycles. The third-order valence-electron chi connectivity index (χ3n) is 2.35. The van der Waals surface area contributed by atoms with Gasteiger partial charge in [0.25, 0.3) is 0 Å². The molecule has 13 heavy (non-hydrogen) atoms. The van der Waals surface area contributed by atoms with Crippen LogP contribution < -0.4 is 5.32 Å². The van der Waals surface area contributed by atoms with Crippen LogP contribution in [0.1, 0.15) is 25.7 Å². The molecule has 1 heterocycles. The molecular formula is C10H21NS2. The fraction of sp³-hybridized carbons (Fsp3) is 1.00. The Hall–Kier alpha value is 0.660. The lowest BCUT2D eigenvalue weighted by molar-refractivity contribution is 0.543. The van der Waals surface area contributed by atoms with Crippen molar-refractivity contribution in [1.29, 1.82) is 0 Å². The lowest BCUT2D eigenvalue weighted by Gasteiger charge is -2.25. The van der Waals surface area contributed by atoms with Gasteiger partial charge in [-0.3, -0.25) is 0 Å². The Labute approximate surface area is 90.8 Å². The van der Waals surface area contributed by atoms with Crippen molar-refractivity contribution in [2.24, 2.45) is 0 Å². The van der Waals surface area contributed by atoms with E-state index in [-0.39, 0.29) is 0 Å².